The molecule has 0 spiro atoms. The number of hydrogen-bond acceptors (Lipinski definition) is 4. The highest BCUT2D eigenvalue weighted by Gasteiger charge is 2.09. The molecule has 0 amide bonds. The number of unbranched alkanes of at least 4 members (excludes halogenated alkanes) is 9. The lowest BCUT2D eigenvalue weighted by molar-refractivity contribution is 0.0734. The number of rotatable bonds is 15. The second kappa shape index (κ2) is 14.4. The van der Waals surface area contributed by atoms with E-state index >= 15 is 0 Å². The minimum atomic E-state index is -0.435. The molecule has 30 heavy (non-hydrogen) atoms. The molecule has 0 aliphatic rings. The molecule has 0 saturated heterocycles. The molecule has 0 bridgehead atoms. The van der Waals surface area contributed by atoms with Crippen LogP contribution in [0.1, 0.15) is 91.8 Å². The first-order chi connectivity index (χ1) is 14.7. The molecule has 0 atom stereocenters. The Hall–Kier alpha value is -2.62. The highest BCUT2D eigenvalue weighted by Crippen LogP contribution is 2.17. The van der Waals surface area contributed by atoms with Crippen LogP contribution in [0.5, 0.6) is 11.5 Å². The molecule has 2 aromatic carbocycles. The third-order valence-corrected chi connectivity index (χ3v) is 5.08. The molecule has 4 nitrogen and oxygen atoms in total. The first-order valence-electron chi connectivity index (χ1n) is 11.2. The second-order valence-corrected chi connectivity index (χ2v) is 7.63. The van der Waals surface area contributed by atoms with E-state index in [-0.39, 0.29) is 0 Å². The maximum atomic E-state index is 12.2. The summed E-state index contributed by atoms with van der Waals surface area (Å²) in [5.41, 5.74) is 1.000. The van der Waals surface area contributed by atoms with Crippen molar-refractivity contribution in [2.24, 2.45) is 0 Å². The van der Waals surface area contributed by atoms with Crippen LogP contribution in [0.15, 0.2) is 48.5 Å². The van der Waals surface area contributed by atoms with Gasteiger partial charge in [0, 0.05) is 5.56 Å². The number of ether oxygens (including phenoxy) is 2. The summed E-state index contributed by atoms with van der Waals surface area (Å²) in [6.07, 6.45) is 13.8. The summed E-state index contributed by atoms with van der Waals surface area (Å²) < 4.78 is 11.1. The lowest BCUT2D eigenvalue weighted by Gasteiger charge is -2.08. The quantitative estimate of drug-likeness (QED) is 0.137. The van der Waals surface area contributed by atoms with Gasteiger partial charge >= 0.3 is 5.97 Å². The highest BCUT2D eigenvalue weighted by atomic mass is 16.5. The van der Waals surface area contributed by atoms with Gasteiger partial charge in [0.1, 0.15) is 17.8 Å². The number of aldehydes is 1. The Morgan fingerprint density at radius 3 is 1.83 bits per heavy atom. The third-order valence-electron chi connectivity index (χ3n) is 5.08. The molecule has 0 heterocycles. The molecule has 0 fully saturated rings. The largest absolute Gasteiger partial charge is 0.494 e. The van der Waals surface area contributed by atoms with Gasteiger partial charge in [-0.25, -0.2) is 4.79 Å². The van der Waals surface area contributed by atoms with Gasteiger partial charge in [-0.2, -0.15) is 0 Å². The van der Waals surface area contributed by atoms with Gasteiger partial charge in [0.05, 0.1) is 12.2 Å². The minimum absolute atomic E-state index is 0.409. The molecule has 4 heteroatoms. The molecule has 2 aromatic rings. The molecule has 0 aliphatic carbocycles. The van der Waals surface area contributed by atoms with Crippen LogP contribution < -0.4 is 9.47 Å². The van der Waals surface area contributed by atoms with Gasteiger partial charge in [-0.1, -0.05) is 64.7 Å². The van der Waals surface area contributed by atoms with E-state index in [0.717, 1.165) is 18.5 Å². The Kier molecular flexibility index (Phi) is 11.3. The second-order valence-electron chi connectivity index (χ2n) is 7.63. The van der Waals surface area contributed by atoms with E-state index in [9.17, 15) is 9.59 Å². The van der Waals surface area contributed by atoms with E-state index in [1.54, 1.807) is 48.5 Å². The Labute approximate surface area is 180 Å². The number of esters is 1. The molecule has 0 unspecified atom stereocenters. The summed E-state index contributed by atoms with van der Waals surface area (Å²) in [5.74, 6) is 0.736. The van der Waals surface area contributed by atoms with Crippen molar-refractivity contribution in [1.29, 1.82) is 0 Å². The van der Waals surface area contributed by atoms with Crippen LogP contribution in [0.4, 0.5) is 0 Å². The topological polar surface area (TPSA) is 52.6 Å². The monoisotopic (exact) mass is 410 g/mol. The Balaban J connectivity index is 1.59. The number of carbonyl (C=O) groups is 2. The van der Waals surface area contributed by atoms with E-state index < -0.39 is 5.97 Å². The van der Waals surface area contributed by atoms with E-state index in [0.29, 0.717) is 23.5 Å². The van der Waals surface area contributed by atoms with E-state index in [1.165, 1.54) is 57.8 Å². The molecule has 2 rings (SSSR count). The van der Waals surface area contributed by atoms with Gasteiger partial charge in [0.15, 0.2) is 0 Å². The normalized spacial score (nSPS) is 10.6. The molecule has 162 valence electrons. The summed E-state index contributed by atoms with van der Waals surface area (Å²) in [4.78, 5) is 22.9. The minimum Gasteiger partial charge on any atom is -0.494 e. The maximum absolute atomic E-state index is 12.2. The number of hydrogen-bond donors (Lipinski definition) is 0. The highest BCUT2D eigenvalue weighted by molar-refractivity contribution is 5.91. The lowest BCUT2D eigenvalue weighted by Crippen LogP contribution is -2.08. The van der Waals surface area contributed by atoms with Gasteiger partial charge in [-0.3, -0.25) is 4.79 Å². The lowest BCUT2D eigenvalue weighted by atomic mass is 10.1. The van der Waals surface area contributed by atoms with Crippen LogP contribution >= 0.6 is 0 Å². The summed E-state index contributed by atoms with van der Waals surface area (Å²) >= 11 is 0. The number of carbonyl (C=O) groups excluding carboxylic acids is 2. The predicted octanol–water partition coefficient (Wildman–Crippen LogP) is 7.02. The number of benzene rings is 2. The molecule has 0 N–H and O–H groups in total. The third kappa shape index (κ3) is 9.25. The predicted molar refractivity (Wildman–Crippen MR) is 121 cm³/mol. The van der Waals surface area contributed by atoms with Crippen molar-refractivity contribution in [3.05, 3.63) is 59.7 Å². The van der Waals surface area contributed by atoms with Crippen LogP contribution in [0.3, 0.4) is 0 Å². The van der Waals surface area contributed by atoms with Crippen LogP contribution in [0.2, 0.25) is 0 Å². The summed E-state index contributed by atoms with van der Waals surface area (Å²) in [5, 5.41) is 0. The van der Waals surface area contributed by atoms with Crippen molar-refractivity contribution < 1.29 is 19.1 Å². The van der Waals surface area contributed by atoms with Gasteiger partial charge in [0.25, 0.3) is 0 Å². The summed E-state index contributed by atoms with van der Waals surface area (Å²) in [7, 11) is 0. The Bertz CT molecular complexity index is 735. The van der Waals surface area contributed by atoms with Crippen LogP contribution in [0, 0.1) is 0 Å². The average Bonchev–Trinajstić information content (AvgIpc) is 2.78. The van der Waals surface area contributed by atoms with Crippen LogP contribution in [-0.4, -0.2) is 18.9 Å². The van der Waals surface area contributed by atoms with Gasteiger partial charge < -0.3 is 9.47 Å². The molecular formula is C26H34O4. The Morgan fingerprint density at radius 2 is 1.27 bits per heavy atom. The van der Waals surface area contributed by atoms with E-state index in [1.807, 2.05) is 0 Å². The zero-order valence-electron chi connectivity index (χ0n) is 18.1. The average molecular weight is 411 g/mol. The van der Waals surface area contributed by atoms with Gasteiger partial charge in [0.2, 0.25) is 0 Å². The fourth-order valence-corrected chi connectivity index (χ4v) is 3.25. The van der Waals surface area contributed by atoms with E-state index in [4.69, 9.17) is 9.47 Å². The Morgan fingerprint density at radius 1 is 0.733 bits per heavy atom. The summed E-state index contributed by atoms with van der Waals surface area (Å²) in [6.45, 7) is 2.95. The maximum Gasteiger partial charge on any atom is 0.343 e. The zero-order chi connectivity index (χ0) is 21.4. The van der Waals surface area contributed by atoms with Crippen molar-refractivity contribution in [3.63, 3.8) is 0 Å². The SMILES string of the molecule is CCCCCCCCCCCCOc1ccc(C(=O)Oc2ccc(C=O)cc2)cc1. The summed E-state index contributed by atoms with van der Waals surface area (Å²) in [6, 6.07) is 13.4. The fourth-order valence-electron chi connectivity index (χ4n) is 3.25. The zero-order valence-corrected chi connectivity index (χ0v) is 18.1. The standard InChI is InChI=1S/C26H34O4/c1-2-3-4-5-6-7-8-9-10-11-20-29-24-18-14-23(15-19-24)26(28)30-25-16-12-22(21-27)13-17-25/h12-19,21H,2-11,20H2,1H3. The first-order valence-corrected chi connectivity index (χ1v) is 11.2. The first kappa shape index (κ1) is 23.7. The van der Waals surface area contributed by atoms with Crippen molar-refractivity contribution in [2.45, 2.75) is 71.1 Å². The van der Waals surface area contributed by atoms with E-state index in [2.05, 4.69) is 6.92 Å². The molecule has 0 aliphatic heterocycles. The van der Waals surface area contributed by atoms with Gasteiger partial charge in [-0.15, -0.1) is 0 Å². The molecular weight excluding hydrogens is 376 g/mol. The molecule has 0 aromatic heterocycles. The van der Waals surface area contributed by atoms with Crippen molar-refractivity contribution in [2.75, 3.05) is 6.61 Å². The van der Waals surface area contributed by atoms with Crippen molar-refractivity contribution >= 4 is 12.3 Å². The van der Waals surface area contributed by atoms with Crippen LogP contribution in [0.25, 0.3) is 0 Å². The molecule has 0 radical (unpaired) electrons. The fraction of sp³-hybridized carbons (Fsp3) is 0.462. The smallest absolute Gasteiger partial charge is 0.343 e. The van der Waals surface area contributed by atoms with Crippen LogP contribution in [-0.2, 0) is 0 Å². The van der Waals surface area contributed by atoms with Crippen molar-refractivity contribution in [1.82, 2.24) is 0 Å². The van der Waals surface area contributed by atoms with Crippen molar-refractivity contribution in [3.8, 4) is 11.5 Å². The molecule has 0 saturated carbocycles. The van der Waals surface area contributed by atoms with Gasteiger partial charge in [-0.05, 0) is 55.0 Å².